The largest absolute Gasteiger partial charge is 0.497 e. The van der Waals surface area contributed by atoms with Gasteiger partial charge in [-0.15, -0.1) is 0 Å². The molecule has 0 amide bonds. The van der Waals surface area contributed by atoms with Crippen molar-refractivity contribution < 1.29 is 4.74 Å². The van der Waals surface area contributed by atoms with Crippen LogP contribution in [0.5, 0.6) is 5.75 Å². The van der Waals surface area contributed by atoms with Gasteiger partial charge in [-0.1, -0.05) is 31.7 Å². The predicted octanol–water partition coefficient (Wildman–Crippen LogP) is 3.77. The summed E-state index contributed by atoms with van der Waals surface area (Å²) in [6.45, 7) is 0. The van der Waals surface area contributed by atoms with E-state index in [4.69, 9.17) is 10.5 Å². The van der Waals surface area contributed by atoms with Crippen molar-refractivity contribution in [3.8, 4) is 5.75 Å². The molecule has 1 unspecified atom stereocenters. The zero-order chi connectivity index (χ0) is 13.3. The van der Waals surface area contributed by atoms with Crippen LogP contribution in [-0.2, 0) is 12.0 Å². The summed E-state index contributed by atoms with van der Waals surface area (Å²) < 4.78 is 5.39. The Morgan fingerprint density at radius 3 is 2.79 bits per heavy atom. The van der Waals surface area contributed by atoms with Crippen LogP contribution < -0.4 is 10.5 Å². The molecule has 104 valence electrons. The average Bonchev–Trinajstić information content (AvgIpc) is 2.91. The summed E-state index contributed by atoms with van der Waals surface area (Å²) in [5.41, 5.74) is 9.49. The van der Waals surface area contributed by atoms with Crippen LogP contribution in [-0.4, -0.2) is 7.11 Å². The van der Waals surface area contributed by atoms with Crippen molar-refractivity contribution in [3.05, 3.63) is 29.3 Å². The fraction of sp³-hybridized carbons (Fsp3) is 0.647. The van der Waals surface area contributed by atoms with Gasteiger partial charge in [0.2, 0.25) is 0 Å². The van der Waals surface area contributed by atoms with Crippen LogP contribution in [0.3, 0.4) is 0 Å². The SMILES string of the molecule is COc1ccc2c(c1)C(N)(CC1CCCC1)CCC2. The first-order chi connectivity index (χ1) is 9.21. The molecular weight excluding hydrogens is 234 g/mol. The predicted molar refractivity (Wildman–Crippen MR) is 78.4 cm³/mol. The Hall–Kier alpha value is -1.02. The maximum Gasteiger partial charge on any atom is 0.119 e. The van der Waals surface area contributed by atoms with Gasteiger partial charge >= 0.3 is 0 Å². The molecule has 1 saturated carbocycles. The van der Waals surface area contributed by atoms with Gasteiger partial charge in [0, 0.05) is 5.54 Å². The molecule has 0 aromatic heterocycles. The van der Waals surface area contributed by atoms with Crippen molar-refractivity contribution in [1.29, 1.82) is 0 Å². The molecule has 0 radical (unpaired) electrons. The molecule has 2 aliphatic rings. The number of fused-ring (bicyclic) bond motifs is 1. The van der Waals surface area contributed by atoms with Crippen LogP contribution in [0, 0.1) is 5.92 Å². The molecule has 0 heterocycles. The van der Waals surface area contributed by atoms with E-state index in [1.165, 1.54) is 49.7 Å². The molecule has 19 heavy (non-hydrogen) atoms. The van der Waals surface area contributed by atoms with Crippen LogP contribution in [0.1, 0.15) is 56.1 Å². The lowest BCUT2D eigenvalue weighted by Crippen LogP contribution is -2.41. The second kappa shape index (κ2) is 5.16. The highest BCUT2D eigenvalue weighted by atomic mass is 16.5. The van der Waals surface area contributed by atoms with E-state index >= 15 is 0 Å². The quantitative estimate of drug-likeness (QED) is 0.897. The van der Waals surface area contributed by atoms with Crippen molar-refractivity contribution in [2.24, 2.45) is 11.7 Å². The standard InChI is InChI=1S/C17H25NO/c1-19-15-9-8-14-7-4-10-17(18,16(14)11-15)12-13-5-2-3-6-13/h8-9,11,13H,2-7,10,12,18H2,1H3. The van der Waals surface area contributed by atoms with Crippen molar-refractivity contribution in [3.63, 3.8) is 0 Å². The molecule has 2 heteroatoms. The van der Waals surface area contributed by atoms with E-state index in [0.29, 0.717) is 0 Å². The van der Waals surface area contributed by atoms with Gasteiger partial charge in [0.25, 0.3) is 0 Å². The molecule has 2 aliphatic carbocycles. The van der Waals surface area contributed by atoms with Gasteiger partial charge in [-0.25, -0.2) is 0 Å². The summed E-state index contributed by atoms with van der Waals surface area (Å²) in [6.07, 6.45) is 10.2. The minimum absolute atomic E-state index is 0.114. The third-order valence-electron chi connectivity index (χ3n) is 5.05. The number of ether oxygens (including phenoxy) is 1. The Morgan fingerprint density at radius 2 is 2.05 bits per heavy atom. The molecule has 2 nitrogen and oxygen atoms in total. The molecule has 0 bridgehead atoms. The fourth-order valence-electron chi connectivity index (χ4n) is 4.03. The summed E-state index contributed by atoms with van der Waals surface area (Å²) in [4.78, 5) is 0. The van der Waals surface area contributed by atoms with E-state index in [2.05, 4.69) is 18.2 Å². The molecule has 0 saturated heterocycles. The lowest BCUT2D eigenvalue weighted by Gasteiger charge is -2.38. The van der Waals surface area contributed by atoms with Crippen molar-refractivity contribution >= 4 is 0 Å². The smallest absolute Gasteiger partial charge is 0.119 e. The Kier molecular flexibility index (Phi) is 3.53. The minimum Gasteiger partial charge on any atom is -0.497 e. The van der Waals surface area contributed by atoms with E-state index in [1.807, 2.05) is 0 Å². The number of methoxy groups -OCH3 is 1. The van der Waals surface area contributed by atoms with Gasteiger partial charge < -0.3 is 10.5 Å². The molecule has 0 aliphatic heterocycles. The number of nitrogens with two attached hydrogens (primary N) is 1. The van der Waals surface area contributed by atoms with E-state index in [0.717, 1.165) is 24.5 Å². The summed E-state index contributed by atoms with van der Waals surface area (Å²) in [5, 5.41) is 0. The molecule has 2 N–H and O–H groups in total. The minimum atomic E-state index is -0.114. The first-order valence-corrected chi connectivity index (χ1v) is 7.67. The first kappa shape index (κ1) is 13.0. The van der Waals surface area contributed by atoms with Crippen LogP contribution in [0.2, 0.25) is 0 Å². The summed E-state index contributed by atoms with van der Waals surface area (Å²) in [6, 6.07) is 6.47. The van der Waals surface area contributed by atoms with Gasteiger partial charge in [0.15, 0.2) is 0 Å². The van der Waals surface area contributed by atoms with Gasteiger partial charge in [0.05, 0.1) is 7.11 Å². The molecule has 1 atom stereocenters. The van der Waals surface area contributed by atoms with E-state index in [1.54, 1.807) is 7.11 Å². The monoisotopic (exact) mass is 259 g/mol. The van der Waals surface area contributed by atoms with Crippen LogP contribution >= 0.6 is 0 Å². The third kappa shape index (κ3) is 2.51. The van der Waals surface area contributed by atoms with E-state index in [-0.39, 0.29) is 5.54 Å². The van der Waals surface area contributed by atoms with E-state index in [9.17, 15) is 0 Å². The zero-order valence-corrected chi connectivity index (χ0v) is 12.0. The molecular formula is C17H25NO. The Balaban J connectivity index is 1.90. The average molecular weight is 259 g/mol. The summed E-state index contributed by atoms with van der Waals surface area (Å²) in [5.74, 6) is 1.78. The van der Waals surface area contributed by atoms with Crippen LogP contribution in [0.4, 0.5) is 0 Å². The highest BCUT2D eigenvalue weighted by molar-refractivity contribution is 5.41. The molecule has 1 aromatic rings. The third-order valence-corrected chi connectivity index (χ3v) is 5.05. The number of hydrogen-bond acceptors (Lipinski definition) is 2. The first-order valence-electron chi connectivity index (χ1n) is 7.67. The maximum absolute atomic E-state index is 6.82. The summed E-state index contributed by atoms with van der Waals surface area (Å²) in [7, 11) is 1.74. The number of hydrogen-bond donors (Lipinski definition) is 1. The Labute approximate surface area is 116 Å². The second-order valence-corrected chi connectivity index (χ2v) is 6.39. The van der Waals surface area contributed by atoms with Crippen molar-refractivity contribution in [1.82, 2.24) is 0 Å². The normalized spacial score (nSPS) is 27.3. The van der Waals surface area contributed by atoms with Crippen molar-refractivity contribution in [2.45, 2.75) is 56.9 Å². The fourth-order valence-corrected chi connectivity index (χ4v) is 4.03. The van der Waals surface area contributed by atoms with Crippen LogP contribution in [0.15, 0.2) is 18.2 Å². The Morgan fingerprint density at radius 1 is 1.26 bits per heavy atom. The summed E-state index contributed by atoms with van der Waals surface area (Å²) >= 11 is 0. The molecule has 3 rings (SSSR count). The maximum atomic E-state index is 6.82. The van der Waals surface area contributed by atoms with E-state index < -0.39 is 0 Å². The Bertz CT molecular complexity index is 451. The zero-order valence-electron chi connectivity index (χ0n) is 12.0. The van der Waals surface area contributed by atoms with Gasteiger partial charge in [-0.3, -0.25) is 0 Å². The highest BCUT2D eigenvalue weighted by Gasteiger charge is 2.35. The van der Waals surface area contributed by atoms with Crippen molar-refractivity contribution in [2.75, 3.05) is 7.11 Å². The number of benzene rings is 1. The van der Waals surface area contributed by atoms with Gasteiger partial charge in [-0.2, -0.15) is 0 Å². The number of rotatable bonds is 3. The topological polar surface area (TPSA) is 35.2 Å². The molecule has 1 fully saturated rings. The molecule has 0 spiro atoms. The van der Waals surface area contributed by atoms with Gasteiger partial charge in [0.1, 0.15) is 5.75 Å². The van der Waals surface area contributed by atoms with Gasteiger partial charge in [-0.05, 0) is 54.9 Å². The highest BCUT2D eigenvalue weighted by Crippen LogP contribution is 2.42. The second-order valence-electron chi connectivity index (χ2n) is 6.39. The lowest BCUT2D eigenvalue weighted by molar-refractivity contribution is 0.283. The van der Waals surface area contributed by atoms with Crippen LogP contribution in [0.25, 0.3) is 0 Å². The number of aryl methyl sites for hydroxylation is 1. The molecule has 1 aromatic carbocycles. The lowest BCUT2D eigenvalue weighted by atomic mass is 9.72.